The molecular formula is C16H14ClN3OS. The molecule has 0 atom stereocenters. The largest absolute Gasteiger partial charge is 0.322 e. The van der Waals surface area contributed by atoms with Gasteiger partial charge in [0, 0.05) is 23.3 Å². The zero-order valence-electron chi connectivity index (χ0n) is 12.1. The number of benzene rings is 1. The van der Waals surface area contributed by atoms with E-state index in [-0.39, 0.29) is 5.91 Å². The lowest BCUT2D eigenvalue weighted by molar-refractivity contribution is -0.111. The predicted molar refractivity (Wildman–Crippen MR) is 91.7 cm³/mol. The van der Waals surface area contributed by atoms with Crippen molar-refractivity contribution >= 4 is 45.6 Å². The van der Waals surface area contributed by atoms with E-state index in [1.807, 2.05) is 48.0 Å². The number of anilines is 1. The monoisotopic (exact) mass is 331 g/mol. The number of halogens is 1. The Kier molecular flexibility index (Phi) is 4.00. The number of rotatable bonds is 3. The van der Waals surface area contributed by atoms with Gasteiger partial charge in [-0.1, -0.05) is 23.7 Å². The Morgan fingerprint density at radius 2 is 2.23 bits per heavy atom. The van der Waals surface area contributed by atoms with Gasteiger partial charge in [0.15, 0.2) is 10.1 Å². The number of amides is 1. The van der Waals surface area contributed by atoms with Crippen molar-refractivity contribution in [3.05, 3.63) is 57.8 Å². The van der Waals surface area contributed by atoms with Crippen LogP contribution in [0.4, 0.5) is 5.69 Å². The zero-order valence-corrected chi connectivity index (χ0v) is 13.7. The minimum atomic E-state index is -0.199. The van der Waals surface area contributed by atoms with E-state index in [4.69, 9.17) is 11.6 Å². The molecule has 3 aromatic rings. The lowest BCUT2D eigenvalue weighted by Gasteiger charge is -2.07. The Morgan fingerprint density at radius 3 is 3.05 bits per heavy atom. The number of carbonyl (C=O) groups excluding carboxylic acids is 1. The second-order valence-corrected chi connectivity index (χ2v) is 6.22. The molecule has 2 heterocycles. The number of carbonyl (C=O) groups is 1. The summed E-state index contributed by atoms with van der Waals surface area (Å²) in [5.74, 6) is -0.199. The minimum absolute atomic E-state index is 0.199. The maximum absolute atomic E-state index is 12.1. The van der Waals surface area contributed by atoms with Crippen LogP contribution in [-0.2, 0) is 4.79 Å². The number of hydrogen-bond acceptors (Lipinski definition) is 3. The third-order valence-corrected chi connectivity index (χ3v) is 4.33. The SMILES string of the molecule is Cc1ccc(C)c(NC(=O)/C=C/c2c(Cl)nc3sccn23)c1. The first kappa shape index (κ1) is 14.8. The summed E-state index contributed by atoms with van der Waals surface area (Å²) in [4.78, 5) is 17.1. The van der Waals surface area contributed by atoms with E-state index >= 15 is 0 Å². The summed E-state index contributed by atoms with van der Waals surface area (Å²) in [5.41, 5.74) is 3.64. The van der Waals surface area contributed by atoms with Crippen LogP contribution >= 0.6 is 22.9 Å². The molecule has 3 rings (SSSR count). The first-order valence-electron chi connectivity index (χ1n) is 6.72. The summed E-state index contributed by atoms with van der Waals surface area (Å²) in [6.45, 7) is 3.95. The van der Waals surface area contributed by atoms with Gasteiger partial charge >= 0.3 is 0 Å². The summed E-state index contributed by atoms with van der Waals surface area (Å²) in [6, 6.07) is 5.95. The fourth-order valence-corrected chi connectivity index (χ4v) is 3.13. The molecule has 2 aromatic heterocycles. The highest BCUT2D eigenvalue weighted by Crippen LogP contribution is 2.22. The molecule has 1 N–H and O–H groups in total. The molecule has 0 fully saturated rings. The molecule has 0 saturated heterocycles. The van der Waals surface area contributed by atoms with E-state index in [9.17, 15) is 4.79 Å². The fourth-order valence-electron chi connectivity index (χ4n) is 2.13. The van der Waals surface area contributed by atoms with Gasteiger partial charge in [-0.2, -0.15) is 0 Å². The second kappa shape index (κ2) is 5.94. The van der Waals surface area contributed by atoms with E-state index in [1.54, 1.807) is 6.08 Å². The van der Waals surface area contributed by atoms with Gasteiger partial charge in [-0.05, 0) is 37.1 Å². The van der Waals surface area contributed by atoms with Crippen LogP contribution in [0.15, 0.2) is 35.9 Å². The molecule has 1 amide bonds. The van der Waals surface area contributed by atoms with Crippen LogP contribution < -0.4 is 5.32 Å². The van der Waals surface area contributed by atoms with Crippen molar-refractivity contribution in [3.63, 3.8) is 0 Å². The first-order valence-corrected chi connectivity index (χ1v) is 7.98. The number of nitrogens with zero attached hydrogens (tertiary/aromatic N) is 2. The van der Waals surface area contributed by atoms with Crippen LogP contribution in [0.5, 0.6) is 0 Å². The van der Waals surface area contributed by atoms with Crippen LogP contribution in [0.2, 0.25) is 5.15 Å². The van der Waals surface area contributed by atoms with Crippen molar-refractivity contribution in [1.29, 1.82) is 0 Å². The molecule has 0 bridgehead atoms. The molecular weight excluding hydrogens is 318 g/mol. The van der Waals surface area contributed by atoms with E-state index in [0.29, 0.717) is 10.8 Å². The number of imidazole rings is 1. The van der Waals surface area contributed by atoms with Gasteiger partial charge in [-0.3, -0.25) is 9.20 Å². The molecule has 0 radical (unpaired) electrons. The summed E-state index contributed by atoms with van der Waals surface area (Å²) < 4.78 is 1.86. The van der Waals surface area contributed by atoms with E-state index < -0.39 is 0 Å². The molecule has 0 aliphatic carbocycles. The van der Waals surface area contributed by atoms with Gasteiger partial charge in [0.1, 0.15) is 0 Å². The molecule has 4 nitrogen and oxygen atoms in total. The molecule has 0 spiro atoms. The highest BCUT2D eigenvalue weighted by Gasteiger charge is 2.09. The van der Waals surface area contributed by atoms with Crippen molar-refractivity contribution in [2.45, 2.75) is 13.8 Å². The zero-order chi connectivity index (χ0) is 15.7. The standard InChI is InChI=1S/C16H14ClN3OS/c1-10-3-4-11(2)12(9-10)18-14(21)6-5-13-15(17)19-16-20(13)7-8-22-16/h3-9H,1-2H3,(H,18,21)/b6-5+. The van der Waals surface area contributed by atoms with E-state index in [1.165, 1.54) is 17.4 Å². The Balaban J connectivity index is 1.80. The highest BCUT2D eigenvalue weighted by molar-refractivity contribution is 7.15. The Morgan fingerprint density at radius 1 is 1.41 bits per heavy atom. The number of aryl methyl sites for hydroxylation is 2. The van der Waals surface area contributed by atoms with Gasteiger partial charge in [0.2, 0.25) is 5.91 Å². The van der Waals surface area contributed by atoms with Gasteiger partial charge in [-0.15, -0.1) is 11.3 Å². The highest BCUT2D eigenvalue weighted by atomic mass is 35.5. The third kappa shape index (κ3) is 2.91. The summed E-state index contributed by atoms with van der Waals surface area (Å²) in [6.07, 6.45) is 5.02. The number of thiazole rings is 1. The smallest absolute Gasteiger partial charge is 0.248 e. The van der Waals surface area contributed by atoms with Crippen molar-refractivity contribution in [2.24, 2.45) is 0 Å². The molecule has 22 heavy (non-hydrogen) atoms. The van der Waals surface area contributed by atoms with Crippen molar-refractivity contribution in [3.8, 4) is 0 Å². The molecule has 0 aliphatic rings. The van der Waals surface area contributed by atoms with Gasteiger partial charge in [-0.25, -0.2) is 4.98 Å². The summed E-state index contributed by atoms with van der Waals surface area (Å²) >= 11 is 7.59. The lowest BCUT2D eigenvalue weighted by atomic mass is 10.1. The Bertz CT molecular complexity index is 879. The third-order valence-electron chi connectivity index (χ3n) is 3.30. The van der Waals surface area contributed by atoms with Crippen LogP contribution in [0.25, 0.3) is 11.0 Å². The second-order valence-electron chi connectivity index (χ2n) is 4.98. The molecule has 0 unspecified atom stereocenters. The van der Waals surface area contributed by atoms with Crippen LogP contribution in [0, 0.1) is 13.8 Å². The van der Waals surface area contributed by atoms with Crippen molar-refractivity contribution < 1.29 is 4.79 Å². The Labute approximate surface area is 137 Å². The maximum Gasteiger partial charge on any atom is 0.248 e. The predicted octanol–water partition coefficient (Wildman–Crippen LogP) is 4.32. The average Bonchev–Trinajstić information content (AvgIpc) is 3.01. The van der Waals surface area contributed by atoms with E-state index in [0.717, 1.165) is 21.8 Å². The molecule has 6 heteroatoms. The number of hydrogen-bond donors (Lipinski definition) is 1. The Hall–Kier alpha value is -2.11. The molecule has 0 saturated carbocycles. The molecule has 1 aromatic carbocycles. The normalized spacial score (nSPS) is 11.4. The quantitative estimate of drug-likeness (QED) is 0.726. The summed E-state index contributed by atoms with van der Waals surface area (Å²) in [5, 5.41) is 5.19. The van der Waals surface area contributed by atoms with Crippen LogP contribution in [-0.4, -0.2) is 15.3 Å². The number of fused-ring (bicyclic) bond motifs is 1. The van der Waals surface area contributed by atoms with Gasteiger partial charge < -0.3 is 5.32 Å². The van der Waals surface area contributed by atoms with Crippen molar-refractivity contribution in [1.82, 2.24) is 9.38 Å². The van der Waals surface area contributed by atoms with E-state index in [2.05, 4.69) is 10.3 Å². The minimum Gasteiger partial charge on any atom is -0.322 e. The van der Waals surface area contributed by atoms with Crippen molar-refractivity contribution in [2.75, 3.05) is 5.32 Å². The molecule has 112 valence electrons. The van der Waals surface area contributed by atoms with Crippen LogP contribution in [0.1, 0.15) is 16.8 Å². The molecule has 0 aliphatic heterocycles. The number of aromatic nitrogens is 2. The maximum atomic E-state index is 12.1. The van der Waals surface area contributed by atoms with Gasteiger partial charge in [0.05, 0.1) is 5.69 Å². The first-order chi connectivity index (χ1) is 10.5. The number of nitrogens with one attached hydrogen (secondary N) is 1. The average molecular weight is 332 g/mol. The lowest BCUT2D eigenvalue weighted by Crippen LogP contribution is -2.09. The topological polar surface area (TPSA) is 46.4 Å². The van der Waals surface area contributed by atoms with Crippen LogP contribution in [0.3, 0.4) is 0 Å². The van der Waals surface area contributed by atoms with Gasteiger partial charge in [0.25, 0.3) is 0 Å². The fraction of sp³-hybridized carbons (Fsp3) is 0.125. The summed E-state index contributed by atoms with van der Waals surface area (Å²) in [7, 11) is 0.